The maximum atomic E-state index is 12.9. The molecule has 0 saturated carbocycles. The van der Waals surface area contributed by atoms with E-state index < -0.39 is 6.10 Å². The lowest BCUT2D eigenvalue weighted by Gasteiger charge is -2.18. The van der Waals surface area contributed by atoms with Gasteiger partial charge in [0.1, 0.15) is 13.2 Å². The van der Waals surface area contributed by atoms with Crippen molar-refractivity contribution in [2.75, 3.05) is 13.2 Å². The van der Waals surface area contributed by atoms with E-state index in [0.29, 0.717) is 19.3 Å². The SMILES string of the molecule is CCCCCCCCCCCCCCCCCCC(=O)OC[C@@H](COC(=O)CCCCCCCCCCCCCCCCCCCCC(C)CC)OC(=O)CCCCCCCCCCCCCCCCCCC(C)C. The summed E-state index contributed by atoms with van der Waals surface area (Å²) in [6.45, 7) is 11.5. The molecular weight excluding hydrogens is 925 g/mol. The number of carbonyl (C=O) groups excluding carboxylic acids is 3. The molecule has 0 aromatic rings. The highest BCUT2D eigenvalue weighted by Crippen LogP contribution is 2.20. The van der Waals surface area contributed by atoms with Crippen molar-refractivity contribution in [1.29, 1.82) is 0 Å². The molecule has 0 radical (unpaired) electrons. The molecule has 0 saturated heterocycles. The predicted molar refractivity (Wildman–Crippen MR) is 326 cm³/mol. The van der Waals surface area contributed by atoms with Crippen LogP contribution in [-0.2, 0) is 28.6 Å². The number of unbranched alkanes of at least 4 members (excludes halogenated alkanes) is 47. The van der Waals surface area contributed by atoms with Crippen LogP contribution in [0.5, 0.6) is 0 Å². The van der Waals surface area contributed by atoms with Gasteiger partial charge in [0.25, 0.3) is 0 Å². The molecule has 0 aliphatic carbocycles. The van der Waals surface area contributed by atoms with Crippen molar-refractivity contribution in [1.82, 2.24) is 0 Å². The van der Waals surface area contributed by atoms with Gasteiger partial charge in [-0.25, -0.2) is 0 Å². The van der Waals surface area contributed by atoms with Crippen LogP contribution in [0.25, 0.3) is 0 Å². The van der Waals surface area contributed by atoms with Crippen LogP contribution in [0.1, 0.15) is 394 Å². The number of esters is 3. The smallest absolute Gasteiger partial charge is 0.306 e. The third-order valence-electron chi connectivity index (χ3n) is 16.3. The standard InChI is InChI=1S/C69H134O6/c1-6-8-9-10-11-12-13-14-15-24-29-34-39-44-49-54-59-67(70)73-62-66(75-69(72)61-56-51-46-41-36-31-26-21-20-22-27-32-37-42-47-52-57-64(3)4)63-74-68(71)60-55-50-45-40-35-30-25-19-17-16-18-23-28-33-38-43-48-53-58-65(5)7-2/h64-66H,6-63H2,1-5H3/t65?,66-/m0/s1. The molecule has 0 aliphatic heterocycles. The van der Waals surface area contributed by atoms with Gasteiger partial charge in [-0.2, -0.15) is 0 Å². The van der Waals surface area contributed by atoms with Crippen molar-refractivity contribution in [2.24, 2.45) is 11.8 Å². The van der Waals surface area contributed by atoms with Gasteiger partial charge in [-0.3, -0.25) is 14.4 Å². The van der Waals surface area contributed by atoms with Gasteiger partial charge in [0.2, 0.25) is 0 Å². The predicted octanol–water partition coefficient (Wildman–Crippen LogP) is 23.2. The van der Waals surface area contributed by atoms with Gasteiger partial charge >= 0.3 is 17.9 Å². The van der Waals surface area contributed by atoms with Gasteiger partial charge < -0.3 is 14.2 Å². The second-order valence-electron chi connectivity index (χ2n) is 24.5. The van der Waals surface area contributed by atoms with Gasteiger partial charge in [0, 0.05) is 19.3 Å². The fourth-order valence-electron chi connectivity index (χ4n) is 10.8. The van der Waals surface area contributed by atoms with E-state index in [1.807, 2.05) is 0 Å². The van der Waals surface area contributed by atoms with Crippen LogP contribution in [0.4, 0.5) is 0 Å². The molecule has 0 spiro atoms. The maximum Gasteiger partial charge on any atom is 0.306 e. The first kappa shape index (κ1) is 73.4. The Morgan fingerprint density at radius 1 is 0.280 bits per heavy atom. The quantitative estimate of drug-likeness (QED) is 0.0343. The van der Waals surface area contributed by atoms with E-state index in [9.17, 15) is 14.4 Å². The van der Waals surface area contributed by atoms with Crippen LogP contribution in [-0.4, -0.2) is 37.2 Å². The Bertz CT molecular complexity index is 1150. The van der Waals surface area contributed by atoms with Gasteiger partial charge in [0.15, 0.2) is 6.10 Å². The molecule has 0 heterocycles. The van der Waals surface area contributed by atoms with Crippen molar-refractivity contribution in [3.63, 3.8) is 0 Å². The lowest BCUT2D eigenvalue weighted by Crippen LogP contribution is -2.30. The average molecular weight is 1060 g/mol. The van der Waals surface area contributed by atoms with Crippen LogP contribution in [0.3, 0.4) is 0 Å². The minimum atomic E-state index is -0.764. The molecule has 0 rings (SSSR count). The number of ether oxygens (including phenoxy) is 3. The third kappa shape index (κ3) is 61.5. The molecule has 0 fully saturated rings. The Hall–Kier alpha value is -1.59. The lowest BCUT2D eigenvalue weighted by molar-refractivity contribution is -0.167. The van der Waals surface area contributed by atoms with Crippen LogP contribution in [0, 0.1) is 11.8 Å². The van der Waals surface area contributed by atoms with E-state index in [0.717, 1.165) is 69.6 Å². The molecule has 0 aromatic carbocycles. The summed E-state index contributed by atoms with van der Waals surface area (Å²) < 4.78 is 17.0. The van der Waals surface area contributed by atoms with E-state index in [1.165, 1.54) is 283 Å². The van der Waals surface area contributed by atoms with E-state index in [-0.39, 0.29) is 31.1 Å². The van der Waals surface area contributed by atoms with Crippen molar-refractivity contribution < 1.29 is 28.6 Å². The Kier molecular flexibility index (Phi) is 60.3. The molecule has 446 valence electrons. The maximum absolute atomic E-state index is 12.9. The van der Waals surface area contributed by atoms with E-state index >= 15 is 0 Å². The first-order chi connectivity index (χ1) is 36.8. The zero-order valence-electron chi connectivity index (χ0n) is 51.7. The highest BCUT2D eigenvalue weighted by molar-refractivity contribution is 5.71. The number of carbonyl (C=O) groups is 3. The second kappa shape index (κ2) is 61.6. The Balaban J connectivity index is 4.26. The van der Waals surface area contributed by atoms with Crippen molar-refractivity contribution in [3.8, 4) is 0 Å². The number of hydrogen-bond donors (Lipinski definition) is 0. The molecule has 2 atom stereocenters. The fraction of sp³-hybridized carbons (Fsp3) is 0.957. The normalized spacial score (nSPS) is 12.4. The molecule has 6 nitrogen and oxygen atoms in total. The minimum absolute atomic E-state index is 0.0613. The second-order valence-corrected chi connectivity index (χ2v) is 24.5. The lowest BCUT2D eigenvalue weighted by atomic mass is 9.99. The van der Waals surface area contributed by atoms with E-state index in [4.69, 9.17) is 14.2 Å². The number of hydrogen-bond acceptors (Lipinski definition) is 6. The van der Waals surface area contributed by atoms with Gasteiger partial charge in [0.05, 0.1) is 0 Å². The van der Waals surface area contributed by atoms with Crippen molar-refractivity contribution >= 4 is 17.9 Å². The zero-order chi connectivity index (χ0) is 54.6. The summed E-state index contributed by atoms with van der Waals surface area (Å²) in [5.41, 5.74) is 0. The summed E-state index contributed by atoms with van der Waals surface area (Å²) in [7, 11) is 0. The van der Waals surface area contributed by atoms with Gasteiger partial charge in [-0.15, -0.1) is 0 Å². The molecule has 0 bridgehead atoms. The molecule has 0 aromatic heterocycles. The summed E-state index contributed by atoms with van der Waals surface area (Å²) in [5.74, 6) is 0.936. The summed E-state index contributed by atoms with van der Waals surface area (Å²) in [6.07, 6.45) is 69.6. The monoisotopic (exact) mass is 1060 g/mol. The molecule has 6 heteroatoms. The largest absolute Gasteiger partial charge is 0.462 e. The zero-order valence-corrected chi connectivity index (χ0v) is 51.7. The summed E-state index contributed by atoms with van der Waals surface area (Å²) in [6, 6.07) is 0. The first-order valence-corrected chi connectivity index (χ1v) is 34.3. The molecule has 1 unspecified atom stereocenters. The molecule has 75 heavy (non-hydrogen) atoms. The van der Waals surface area contributed by atoms with E-state index in [2.05, 4.69) is 34.6 Å². The third-order valence-corrected chi connectivity index (χ3v) is 16.3. The Morgan fingerprint density at radius 2 is 0.507 bits per heavy atom. The summed E-state index contributed by atoms with van der Waals surface area (Å²) >= 11 is 0. The molecule has 0 amide bonds. The Labute approximate surface area is 469 Å². The molecular formula is C69H134O6. The van der Waals surface area contributed by atoms with Gasteiger partial charge in [-0.1, -0.05) is 356 Å². The van der Waals surface area contributed by atoms with Crippen LogP contribution in [0.15, 0.2) is 0 Å². The summed E-state index contributed by atoms with van der Waals surface area (Å²) in [4.78, 5) is 38.4. The molecule has 0 N–H and O–H groups in total. The first-order valence-electron chi connectivity index (χ1n) is 34.3. The van der Waals surface area contributed by atoms with Crippen molar-refractivity contribution in [3.05, 3.63) is 0 Å². The highest BCUT2D eigenvalue weighted by Gasteiger charge is 2.20. The van der Waals surface area contributed by atoms with Crippen LogP contribution >= 0.6 is 0 Å². The number of rotatable bonds is 63. The summed E-state index contributed by atoms with van der Waals surface area (Å²) in [5, 5.41) is 0. The topological polar surface area (TPSA) is 78.9 Å². The molecule has 0 aliphatic rings. The van der Waals surface area contributed by atoms with Gasteiger partial charge in [-0.05, 0) is 31.1 Å². The highest BCUT2D eigenvalue weighted by atomic mass is 16.6. The fourth-order valence-corrected chi connectivity index (χ4v) is 10.8. The Morgan fingerprint density at radius 3 is 0.760 bits per heavy atom. The average Bonchev–Trinajstić information content (AvgIpc) is 3.40. The van der Waals surface area contributed by atoms with Crippen molar-refractivity contribution in [2.45, 2.75) is 400 Å². The van der Waals surface area contributed by atoms with Crippen LogP contribution in [0.2, 0.25) is 0 Å². The van der Waals surface area contributed by atoms with E-state index in [1.54, 1.807) is 0 Å². The minimum Gasteiger partial charge on any atom is -0.462 e. The van der Waals surface area contributed by atoms with Crippen LogP contribution < -0.4 is 0 Å².